The molecule has 0 aliphatic carbocycles. The molecule has 0 bridgehead atoms. The molecule has 0 amide bonds. The average Bonchev–Trinajstić information content (AvgIpc) is 3.49. The van der Waals surface area contributed by atoms with E-state index < -0.39 is 34.2 Å². The van der Waals surface area contributed by atoms with Crippen LogP contribution >= 0.6 is 23.1 Å². The first-order chi connectivity index (χ1) is 18.2. The highest BCUT2D eigenvalue weighted by atomic mass is 32.2. The molecule has 1 aromatic carbocycles. The quantitative estimate of drug-likeness (QED) is 0.139. The van der Waals surface area contributed by atoms with Gasteiger partial charge in [0.25, 0.3) is 10.0 Å². The van der Waals surface area contributed by atoms with Crippen molar-refractivity contribution in [3.05, 3.63) is 63.8 Å². The number of aryl methyl sites for hydroxylation is 1. The maximum absolute atomic E-state index is 13.2. The molecule has 2 aromatic rings. The van der Waals surface area contributed by atoms with Crippen LogP contribution in [0.1, 0.15) is 29.8 Å². The van der Waals surface area contributed by atoms with Crippen LogP contribution in [0.5, 0.6) is 0 Å². The summed E-state index contributed by atoms with van der Waals surface area (Å²) in [5, 5.41) is 4.08. The average molecular weight is 608 g/mol. The fourth-order valence-electron chi connectivity index (χ4n) is 3.63. The summed E-state index contributed by atoms with van der Waals surface area (Å²) in [6.45, 7) is 3.42. The Balaban J connectivity index is 1.56. The second kappa shape index (κ2) is 10.9. The third kappa shape index (κ3) is 6.11. The summed E-state index contributed by atoms with van der Waals surface area (Å²) in [7, 11) is -4.17. The Morgan fingerprint density at radius 3 is 2.38 bits per heavy atom. The molecule has 1 aromatic heterocycles. The number of fused-ring (bicyclic) bond motifs is 1. The smallest absolute Gasteiger partial charge is 0.261 e. The maximum atomic E-state index is 13.2. The number of nitrogens with zero attached hydrogens (tertiary/aromatic N) is 4. The van der Waals surface area contributed by atoms with Crippen LogP contribution in [0.2, 0.25) is 0 Å². The lowest BCUT2D eigenvalue weighted by Gasteiger charge is -2.19. The number of imidazole rings is 1. The molecule has 0 saturated heterocycles. The maximum Gasteiger partial charge on any atom is 0.453 e. The van der Waals surface area contributed by atoms with Crippen molar-refractivity contribution in [3.63, 3.8) is 0 Å². The predicted octanol–water partition coefficient (Wildman–Crippen LogP) is 5.80. The number of anilines is 1. The van der Waals surface area contributed by atoms with E-state index in [9.17, 15) is 35.2 Å². The highest BCUT2D eigenvalue weighted by Crippen LogP contribution is 2.41. The first-order valence-electron chi connectivity index (χ1n) is 11.4. The van der Waals surface area contributed by atoms with Crippen molar-refractivity contribution in [1.29, 1.82) is 0 Å². The fraction of sp³-hybridized carbons (Fsp3) is 0.348. The van der Waals surface area contributed by atoms with Crippen molar-refractivity contribution in [3.8, 4) is 11.4 Å². The number of benzene rings is 1. The highest BCUT2D eigenvalue weighted by Gasteiger charge is 2.56. The number of halogens is 5. The Hall–Kier alpha value is -2.98. The van der Waals surface area contributed by atoms with Crippen molar-refractivity contribution in [2.45, 2.75) is 54.3 Å². The zero-order valence-corrected chi connectivity index (χ0v) is 22.9. The fourth-order valence-corrected chi connectivity index (χ4v) is 7.16. The summed E-state index contributed by atoms with van der Waals surface area (Å²) in [6, 6.07) is 7.59. The van der Waals surface area contributed by atoms with E-state index in [2.05, 4.69) is 14.8 Å². The summed E-state index contributed by atoms with van der Waals surface area (Å²) in [4.78, 5) is 17.3. The second-order valence-electron chi connectivity index (χ2n) is 8.52. The van der Waals surface area contributed by atoms with Gasteiger partial charge in [0.15, 0.2) is 5.82 Å². The molecular weight excluding hydrogens is 585 g/mol. The van der Waals surface area contributed by atoms with Crippen LogP contribution in [0.3, 0.4) is 0 Å². The molecule has 3 heterocycles. The third-order valence-electron chi connectivity index (χ3n) is 5.81. The minimum Gasteiger partial charge on any atom is -0.261 e. The van der Waals surface area contributed by atoms with E-state index in [1.807, 2.05) is 0 Å². The summed E-state index contributed by atoms with van der Waals surface area (Å²) in [5.74, 6) is -4.80. The van der Waals surface area contributed by atoms with Gasteiger partial charge in [0.2, 0.25) is 0 Å². The van der Waals surface area contributed by atoms with Gasteiger partial charge in [0.05, 0.1) is 14.8 Å². The number of unbranched alkanes of at least 4 members (excludes halogenated alkanes) is 1. The van der Waals surface area contributed by atoms with Crippen LogP contribution in [-0.2, 0) is 10.0 Å². The van der Waals surface area contributed by atoms with Crippen LogP contribution in [0, 0.1) is 13.8 Å². The van der Waals surface area contributed by atoms with E-state index in [1.165, 1.54) is 28.0 Å². The minimum atomic E-state index is -5.60. The van der Waals surface area contributed by atoms with Gasteiger partial charge >= 0.3 is 17.8 Å². The van der Waals surface area contributed by atoms with E-state index in [0.29, 0.717) is 15.6 Å². The predicted molar refractivity (Wildman–Crippen MR) is 138 cm³/mol. The summed E-state index contributed by atoms with van der Waals surface area (Å²) >= 11 is 2.37. The molecule has 0 atom stereocenters. The Bertz CT molecular complexity index is 1580. The summed E-state index contributed by atoms with van der Waals surface area (Å²) in [6.07, 6.45) is -3.98. The number of aromatic nitrogens is 4. The van der Waals surface area contributed by atoms with Crippen LogP contribution in [0.25, 0.3) is 11.4 Å². The van der Waals surface area contributed by atoms with Crippen molar-refractivity contribution < 1.29 is 30.4 Å². The van der Waals surface area contributed by atoms with E-state index in [0.717, 1.165) is 16.6 Å². The molecule has 0 unspecified atom stereocenters. The Labute approximate surface area is 228 Å². The first-order valence-corrected chi connectivity index (χ1v) is 14.7. The second-order valence-corrected chi connectivity index (χ2v) is 12.8. The van der Waals surface area contributed by atoms with Crippen LogP contribution < -0.4 is 10.4 Å². The molecule has 0 spiro atoms. The molecule has 16 heteroatoms. The topological polar surface area (TPSA) is 98.9 Å². The molecule has 210 valence electrons. The lowest BCUT2D eigenvalue weighted by atomic mass is 10.1. The number of sulfonamides is 1. The Morgan fingerprint density at radius 2 is 1.77 bits per heavy atom. The van der Waals surface area contributed by atoms with Gasteiger partial charge in [-0.25, -0.2) is 17.9 Å². The highest BCUT2D eigenvalue weighted by molar-refractivity contribution is 8.01. The lowest BCUT2D eigenvalue weighted by Crippen LogP contribution is -2.36. The number of nitrogens with one attached hydrogen (secondary N) is 1. The standard InChI is InChI=1S/C23H22F5N5O3S3/c1-14-15(2)38-20(37-13-4-3-10-22(24,25)23(26,27)28)18-19(30-21(34)33(14)18)31-39(35,36)17-8-6-16(7-9-17)32-12-5-11-29-32/h5-9,11-12H,3-4,10,13H2,1-2H3,(H,30,31,34). The number of rotatable bonds is 10. The van der Waals surface area contributed by atoms with Crippen LogP contribution in [-0.4, -0.2) is 45.6 Å². The first kappa shape index (κ1) is 29.0. The summed E-state index contributed by atoms with van der Waals surface area (Å²) in [5.41, 5.74) is 0.649. The van der Waals surface area contributed by atoms with Crippen molar-refractivity contribution in [2.24, 2.45) is 0 Å². The number of alkyl halides is 5. The molecule has 0 saturated carbocycles. The van der Waals surface area contributed by atoms with Gasteiger partial charge in [0.1, 0.15) is 5.69 Å². The van der Waals surface area contributed by atoms with Gasteiger partial charge < -0.3 is 0 Å². The molecule has 0 fully saturated rings. The van der Waals surface area contributed by atoms with Gasteiger partial charge in [0, 0.05) is 29.4 Å². The van der Waals surface area contributed by atoms with Crippen molar-refractivity contribution in [2.75, 3.05) is 10.5 Å². The molecule has 2 aliphatic heterocycles. The molecule has 0 radical (unpaired) electrons. The van der Waals surface area contributed by atoms with Gasteiger partial charge in [-0.05, 0) is 62.8 Å². The third-order valence-corrected chi connectivity index (χ3v) is 9.70. The number of hydrogen-bond acceptors (Lipinski definition) is 7. The molecule has 1 N–H and O–H groups in total. The molecule has 4 rings (SSSR count). The van der Waals surface area contributed by atoms with Gasteiger partial charge in [-0.1, -0.05) is 0 Å². The van der Waals surface area contributed by atoms with Crippen LogP contribution in [0.15, 0.2) is 56.6 Å². The number of thioether (sulfide) groups is 1. The molecular formula is C23H22F5N5O3S3. The van der Waals surface area contributed by atoms with E-state index in [1.54, 1.807) is 49.1 Å². The number of hydrogen-bond donors (Lipinski definition) is 1. The molecule has 2 aliphatic rings. The normalized spacial score (nSPS) is 12.8. The minimum absolute atomic E-state index is 0.0458. The van der Waals surface area contributed by atoms with Gasteiger partial charge in [-0.2, -0.15) is 32.0 Å². The Morgan fingerprint density at radius 1 is 1.08 bits per heavy atom. The largest absolute Gasteiger partial charge is 0.453 e. The van der Waals surface area contributed by atoms with E-state index in [4.69, 9.17) is 0 Å². The van der Waals surface area contributed by atoms with E-state index in [-0.39, 0.29) is 35.0 Å². The monoisotopic (exact) mass is 607 g/mol. The van der Waals surface area contributed by atoms with Crippen LogP contribution in [0.4, 0.5) is 27.8 Å². The van der Waals surface area contributed by atoms with Gasteiger partial charge in [-0.3, -0.25) is 9.29 Å². The molecule has 39 heavy (non-hydrogen) atoms. The lowest BCUT2D eigenvalue weighted by molar-refractivity contribution is -0.284. The van der Waals surface area contributed by atoms with Crippen molar-refractivity contribution >= 4 is 38.9 Å². The van der Waals surface area contributed by atoms with Gasteiger partial charge in [-0.15, -0.1) is 23.1 Å². The zero-order valence-electron chi connectivity index (χ0n) is 20.5. The molecule has 8 nitrogen and oxygen atoms in total. The zero-order chi connectivity index (χ0) is 28.6. The SMILES string of the molecule is Cc1sc(SCCCCC(F)(F)C(F)(F)F)c2c(NS(=O)(=O)c3ccc(-n4cccn4)cc3)nc(=O)n-2c1C. The summed E-state index contributed by atoms with van der Waals surface area (Å²) < 4.78 is 95.5. The van der Waals surface area contributed by atoms with Crippen molar-refractivity contribution in [1.82, 2.24) is 19.3 Å². The Kier molecular flexibility index (Phi) is 8.10. The van der Waals surface area contributed by atoms with E-state index >= 15 is 0 Å².